The fraction of sp³-hybridized carbons (Fsp3) is 0.357. The molecule has 0 saturated carbocycles. The molecule has 1 rings (SSSR count). The van der Waals surface area contributed by atoms with Crippen molar-refractivity contribution in [1.82, 2.24) is 4.90 Å². The highest BCUT2D eigenvalue weighted by Crippen LogP contribution is 2.06. The number of hydrogen-bond acceptors (Lipinski definition) is 1. The molecular formula is C14H18FNO. The van der Waals surface area contributed by atoms with Gasteiger partial charge < -0.3 is 4.90 Å². The Kier molecular flexibility index (Phi) is 5.40. The lowest BCUT2D eigenvalue weighted by molar-refractivity contribution is -0.126. The van der Waals surface area contributed by atoms with Gasteiger partial charge in [-0.1, -0.05) is 25.6 Å². The molecule has 3 heteroatoms. The predicted octanol–water partition coefficient (Wildman–Crippen LogP) is 2.79. The molecular weight excluding hydrogens is 217 g/mol. The Labute approximate surface area is 102 Å². The van der Waals surface area contributed by atoms with Crippen LogP contribution in [0.4, 0.5) is 4.39 Å². The molecule has 17 heavy (non-hydrogen) atoms. The van der Waals surface area contributed by atoms with E-state index >= 15 is 0 Å². The Morgan fingerprint density at radius 2 is 2.24 bits per heavy atom. The third-order valence-corrected chi connectivity index (χ3v) is 2.54. The van der Waals surface area contributed by atoms with Crippen LogP contribution in [0.3, 0.4) is 0 Å². The zero-order valence-electron chi connectivity index (χ0n) is 10.2. The maximum absolute atomic E-state index is 13.0. The molecule has 0 aliphatic heterocycles. The Morgan fingerprint density at radius 1 is 1.47 bits per heavy atom. The van der Waals surface area contributed by atoms with Crippen molar-refractivity contribution in [3.8, 4) is 0 Å². The average Bonchev–Trinajstić information content (AvgIpc) is 2.33. The van der Waals surface area contributed by atoms with Gasteiger partial charge in [0.15, 0.2) is 0 Å². The monoisotopic (exact) mass is 235 g/mol. The van der Waals surface area contributed by atoms with Crippen molar-refractivity contribution in [1.29, 1.82) is 0 Å². The lowest BCUT2D eigenvalue weighted by Crippen LogP contribution is -2.32. The number of amides is 1. The van der Waals surface area contributed by atoms with E-state index in [0.29, 0.717) is 19.5 Å². The van der Waals surface area contributed by atoms with Gasteiger partial charge in [-0.15, -0.1) is 0 Å². The molecule has 0 radical (unpaired) electrons. The molecule has 0 aromatic heterocycles. The van der Waals surface area contributed by atoms with Crippen molar-refractivity contribution >= 4 is 5.91 Å². The van der Waals surface area contributed by atoms with Crippen molar-refractivity contribution in [3.63, 3.8) is 0 Å². The molecule has 0 aliphatic carbocycles. The Morgan fingerprint density at radius 3 is 2.82 bits per heavy atom. The van der Waals surface area contributed by atoms with Crippen LogP contribution in [0.2, 0.25) is 0 Å². The van der Waals surface area contributed by atoms with Gasteiger partial charge in [-0.3, -0.25) is 4.79 Å². The standard InChI is InChI=1S/C14H18FNO/c1-3-9-16(14(17)4-2)10-8-12-6-5-7-13(15)11-12/h4-7,11H,2-3,8-10H2,1H3. The molecule has 0 N–H and O–H groups in total. The fourth-order valence-corrected chi connectivity index (χ4v) is 1.69. The molecule has 0 heterocycles. The first-order valence-electron chi connectivity index (χ1n) is 5.83. The van der Waals surface area contributed by atoms with Gasteiger partial charge in [0.05, 0.1) is 0 Å². The largest absolute Gasteiger partial charge is 0.339 e. The van der Waals surface area contributed by atoms with E-state index < -0.39 is 0 Å². The van der Waals surface area contributed by atoms with Crippen LogP contribution < -0.4 is 0 Å². The molecule has 1 aromatic carbocycles. The summed E-state index contributed by atoms with van der Waals surface area (Å²) in [5, 5.41) is 0. The highest BCUT2D eigenvalue weighted by molar-refractivity contribution is 5.86. The van der Waals surface area contributed by atoms with E-state index in [1.807, 2.05) is 13.0 Å². The average molecular weight is 235 g/mol. The highest BCUT2D eigenvalue weighted by atomic mass is 19.1. The van der Waals surface area contributed by atoms with Crippen molar-refractivity contribution in [3.05, 3.63) is 48.3 Å². The van der Waals surface area contributed by atoms with Gasteiger partial charge in [0.25, 0.3) is 0 Å². The number of nitrogens with zero attached hydrogens (tertiary/aromatic N) is 1. The van der Waals surface area contributed by atoms with E-state index in [1.54, 1.807) is 11.0 Å². The zero-order valence-corrected chi connectivity index (χ0v) is 10.2. The number of carbonyl (C=O) groups excluding carboxylic acids is 1. The lowest BCUT2D eigenvalue weighted by atomic mass is 10.1. The summed E-state index contributed by atoms with van der Waals surface area (Å²) in [6.45, 7) is 6.81. The minimum atomic E-state index is -0.236. The molecule has 0 atom stereocenters. The number of hydrogen-bond donors (Lipinski definition) is 0. The van der Waals surface area contributed by atoms with Crippen LogP contribution in [0.5, 0.6) is 0 Å². The second kappa shape index (κ2) is 6.84. The van der Waals surface area contributed by atoms with E-state index in [1.165, 1.54) is 18.2 Å². The van der Waals surface area contributed by atoms with E-state index in [0.717, 1.165) is 12.0 Å². The van der Waals surface area contributed by atoms with Crippen LogP contribution >= 0.6 is 0 Å². The molecule has 0 bridgehead atoms. The van der Waals surface area contributed by atoms with Gasteiger partial charge in [-0.25, -0.2) is 4.39 Å². The summed E-state index contributed by atoms with van der Waals surface area (Å²) in [6.07, 6.45) is 2.89. The van der Waals surface area contributed by atoms with E-state index in [9.17, 15) is 9.18 Å². The molecule has 0 unspecified atom stereocenters. The van der Waals surface area contributed by atoms with Crippen LogP contribution in [-0.2, 0) is 11.2 Å². The minimum Gasteiger partial charge on any atom is -0.339 e. The molecule has 0 fully saturated rings. The van der Waals surface area contributed by atoms with Crippen LogP contribution in [-0.4, -0.2) is 23.9 Å². The van der Waals surface area contributed by atoms with Crippen LogP contribution in [0.1, 0.15) is 18.9 Å². The maximum atomic E-state index is 13.0. The van der Waals surface area contributed by atoms with Gasteiger partial charge in [0.1, 0.15) is 5.82 Å². The van der Waals surface area contributed by atoms with Crippen LogP contribution in [0, 0.1) is 5.82 Å². The number of carbonyl (C=O) groups is 1. The number of benzene rings is 1. The normalized spacial score (nSPS) is 10.0. The van der Waals surface area contributed by atoms with Gasteiger partial charge in [0, 0.05) is 13.1 Å². The first kappa shape index (κ1) is 13.4. The summed E-state index contributed by atoms with van der Waals surface area (Å²) in [5.41, 5.74) is 0.906. The number of halogens is 1. The third kappa shape index (κ3) is 4.39. The summed E-state index contributed by atoms with van der Waals surface area (Å²) in [4.78, 5) is 13.3. The second-order valence-corrected chi connectivity index (χ2v) is 3.91. The Hall–Kier alpha value is -1.64. The van der Waals surface area contributed by atoms with E-state index in [-0.39, 0.29) is 11.7 Å². The zero-order chi connectivity index (χ0) is 12.7. The van der Waals surface area contributed by atoms with Gasteiger partial charge >= 0.3 is 0 Å². The molecule has 92 valence electrons. The smallest absolute Gasteiger partial charge is 0.245 e. The fourth-order valence-electron chi connectivity index (χ4n) is 1.69. The van der Waals surface area contributed by atoms with E-state index in [4.69, 9.17) is 0 Å². The predicted molar refractivity (Wildman–Crippen MR) is 67.2 cm³/mol. The Bertz CT molecular complexity index is 390. The topological polar surface area (TPSA) is 20.3 Å². The second-order valence-electron chi connectivity index (χ2n) is 3.91. The maximum Gasteiger partial charge on any atom is 0.245 e. The highest BCUT2D eigenvalue weighted by Gasteiger charge is 2.08. The molecule has 1 aromatic rings. The van der Waals surface area contributed by atoms with Crippen LogP contribution in [0.25, 0.3) is 0 Å². The summed E-state index contributed by atoms with van der Waals surface area (Å²) in [6, 6.07) is 6.47. The van der Waals surface area contributed by atoms with Crippen molar-refractivity contribution < 1.29 is 9.18 Å². The number of rotatable bonds is 6. The van der Waals surface area contributed by atoms with Gasteiger partial charge in [-0.2, -0.15) is 0 Å². The SMILES string of the molecule is C=CC(=O)N(CCC)CCc1cccc(F)c1. The first-order valence-corrected chi connectivity index (χ1v) is 5.83. The van der Waals surface area contributed by atoms with Gasteiger partial charge in [0.2, 0.25) is 5.91 Å². The van der Waals surface area contributed by atoms with Crippen molar-refractivity contribution in [2.24, 2.45) is 0 Å². The lowest BCUT2D eigenvalue weighted by Gasteiger charge is -2.20. The summed E-state index contributed by atoms with van der Waals surface area (Å²) >= 11 is 0. The molecule has 0 saturated heterocycles. The third-order valence-electron chi connectivity index (χ3n) is 2.54. The Balaban J connectivity index is 2.57. The molecule has 0 aliphatic rings. The van der Waals surface area contributed by atoms with E-state index in [2.05, 4.69) is 6.58 Å². The summed E-state index contributed by atoms with van der Waals surface area (Å²) in [5.74, 6) is -0.303. The first-order chi connectivity index (χ1) is 8.17. The van der Waals surface area contributed by atoms with Crippen molar-refractivity contribution in [2.75, 3.05) is 13.1 Å². The minimum absolute atomic E-state index is 0.0664. The van der Waals surface area contributed by atoms with Crippen LogP contribution in [0.15, 0.2) is 36.9 Å². The molecule has 0 spiro atoms. The van der Waals surface area contributed by atoms with Gasteiger partial charge in [-0.05, 0) is 36.6 Å². The summed E-state index contributed by atoms with van der Waals surface area (Å²) in [7, 11) is 0. The quantitative estimate of drug-likeness (QED) is 0.694. The molecule has 1 amide bonds. The van der Waals surface area contributed by atoms with Crippen molar-refractivity contribution in [2.45, 2.75) is 19.8 Å². The molecule has 2 nitrogen and oxygen atoms in total. The summed E-state index contributed by atoms with van der Waals surface area (Å²) < 4.78 is 13.0.